The van der Waals surface area contributed by atoms with E-state index in [2.05, 4.69) is 128 Å². The zero-order valence-corrected chi connectivity index (χ0v) is 20.6. The first-order valence-corrected chi connectivity index (χ1v) is 12.9. The molecule has 0 amide bonds. The number of benzene rings is 5. The second-order valence-electron chi connectivity index (χ2n) is 9.95. The summed E-state index contributed by atoms with van der Waals surface area (Å²) in [5, 5.41) is 6.32. The summed E-state index contributed by atoms with van der Waals surface area (Å²) < 4.78 is 2.64. The predicted octanol–water partition coefficient (Wildman–Crippen LogP) is 9.77. The van der Waals surface area contributed by atoms with Crippen LogP contribution in [-0.4, -0.2) is 0 Å². The largest absolute Gasteiger partial charge is 0.355 e. The van der Waals surface area contributed by atoms with Crippen LogP contribution in [0.15, 0.2) is 109 Å². The van der Waals surface area contributed by atoms with E-state index < -0.39 is 0 Å². The van der Waals surface area contributed by atoms with E-state index in [9.17, 15) is 0 Å². The van der Waals surface area contributed by atoms with Crippen LogP contribution in [0.25, 0.3) is 42.4 Å². The Labute approximate surface area is 209 Å². The molecule has 35 heavy (non-hydrogen) atoms. The summed E-state index contributed by atoms with van der Waals surface area (Å²) in [4.78, 5) is 0. The summed E-state index contributed by atoms with van der Waals surface area (Å²) in [6.07, 6.45) is 0. The first-order chi connectivity index (χ1) is 17.1. The van der Waals surface area contributed by atoms with Crippen molar-refractivity contribution in [2.75, 3.05) is 5.32 Å². The van der Waals surface area contributed by atoms with E-state index in [-0.39, 0.29) is 5.41 Å². The summed E-state index contributed by atoms with van der Waals surface area (Å²) in [6.45, 7) is 4.65. The Kier molecular flexibility index (Phi) is 4.43. The minimum absolute atomic E-state index is 0.0407. The molecule has 0 unspecified atom stereocenters. The summed E-state index contributed by atoms with van der Waals surface area (Å²) in [7, 11) is 0. The van der Waals surface area contributed by atoms with Crippen LogP contribution >= 0.6 is 11.3 Å². The van der Waals surface area contributed by atoms with Crippen molar-refractivity contribution in [2.45, 2.75) is 19.3 Å². The SMILES string of the molecule is CC1(C)c2ccccc2-c2cc(Nc3ccc4c(c3)sc3ccc(-c5ccccc5)cc34)ccc21. The van der Waals surface area contributed by atoms with E-state index in [0.29, 0.717) is 0 Å². The summed E-state index contributed by atoms with van der Waals surface area (Å²) >= 11 is 1.86. The van der Waals surface area contributed by atoms with Crippen molar-refractivity contribution in [3.8, 4) is 22.3 Å². The number of anilines is 2. The first kappa shape index (κ1) is 20.5. The quantitative estimate of drug-likeness (QED) is 0.273. The van der Waals surface area contributed by atoms with Gasteiger partial charge < -0.3 is 5.32 Å². The number of rotatable bonds is 3. The molecule has 1 nitrogen and oxygen atoms in total. The van der Waals surface area contributed by atoms with Crippen molar-refractivity contribution in [1.29, 1.82) is 0 Å². The van der Waals surface area contributed by atoms with E-state index in [1.165, 1.54) is 53.6 Å². The van der Waals surface area contributed by atoms with Gasteiger partial charge in [0.05, 0.1) is 0 Å². The normalized spacial score (nSPS) is 13.7. The smallest absolute Gasteiger partial charge is 0.0398 e. The average molecular weight is 468 g/mol. The van der Waals surface area contributed by atoms with Gasteiger partial charge >= 0.3 is 0 Å². The molecule has 0 saturated carbocycles. The van der Waals surface area contributed by atoms with Crippen molar-refractivity contribution in [2.24, 2.45) is 0 Å². The second-order valence-corrected chi connectivity index (χ2v) is 11.0. The minimum Gasteiger partial charge on any atom is -0.355 e. The zero-order chi connectivity index (χ0) is 23.6. The molecule has 168 valence electrons. The highest BCUT2D eigenvalue weighted by atomic mass is 32.1. The fraction of sp³-hybridized carbons (Fsp3) is 0.0909. The van der Waals surface area contributed by atoms with Crippen molar-refractivity contribution < 1.29 is 0 Å². The number of hydrogen-bond donors (Lipinski definition) is 1. The highest BCUT2D eigenvalue weighted by Gasteiger charge is 2.34. The Bertz CT molecular complexity index is 1740. The Hall–Kier alpha value is -3.88. The number of thiophene rings is 1. The highest BCUT2D eigenvalue weighted by molar-refractivity contribution is 7.25. The Morgan fingerprint density at radius 1 is 0.543 bits per heavy atom. The molecular weight excluding hydrogens is 442 g/mol. The van der Waals surface area contributed by atoms with Crippen molar-refractivity contribution in [1.82, 2.24) is 0 Å². The Morgan fingerprint density at radius 2 is 1.29 bits per heavy atom. The summed E-state index contributed by atoms with van der Waals surface area (Å²) in [5.41, 5.74) is 10.3. The maximum Gasteiger partial charge on any atom is 0.0398 e. The predicted molar refractivity (Wildman–Crippen MR) is 152 cm³/mol. The highest BCUT2D eigenvalue weighted by Crippen LogP contribution is 2.49. The fourth-order valence-corrected chi connectivity index (χ4v) is 6.76. The van der Waals surface area contributed by atoms with Gasteiger partial charge in [-0.25, -0.2) is 0 Å². The van der Waals surface area contributed by atoms with E-state index in [4.69, 9.17) is 0 Å². The lowest BCUT2D eigenvalue weighted by atomic mass is 9.82. The molecule has 0 spiro atoms. The van der Waals surface area contributed by atoms with Crippen molar-refractivity contribution in [3.63, 3.8) is 0 Å². The third-order valence-electron chi connectivity index (χ3n) is 7.45. The maximum absolute atomic E-state index is 3.67. The second kappa shape index (κ2) is 7.56. The molecule has 5 aromatic carbocycles. The molecule has 2 heteroatoms. The lowest BCUT2D eigenvalue weighted by Crippen LogP contribution is -2.14. The monoisotopic (exact) mass is 467 g/mol. The third kappa shape index (κ3) is 3.21. The van der Waals surface area contributed by atoms with Gasteiger partial charge in [0.2, 0.25) is 0 Å². The van der Waals surface area contributed by atoms with E-state index in [1.54, 1.807) is 0 Å². The van der Waals surface area contributed by atoms with Gasteiger partial charge in [-0.15, -0.1) is 11.3 Å². The number of fused-ring (bicyclic) bond motifs is 6. The van der Waals surface area contributed by atoms with Gasteiger partial charge in [-0.3, -0.25) is 0 Å². The van der Waals surface area contributed by atoms with E-state index >= 15 is 0 Å². The van der Waals surface area contributed by atoms with Gasteiger partial charge in [0.15, 0.2) is 0 Å². The third-order valence-corrected chi connectivity index (χ3v) is 8.58. The molecule has 0 bridgehead atoms. The maximum atomic E-state index is 3.67. The van der Waals surface area contributed by atoms with Crippen LogP contribution < -0.4 is 5.32 Å². The van der Waals surface area contributed by atoms with Crippen molar-refractivity contribution >= 4 is 42.9 Å². The molecular formula is C33H25NS. The number of hydrogen-bond acceptors (Lipinski definition) is 2. The molecule has 0 fully saturated rings. The van der Waals surface area contributed by atoms with Gasteiger partial charge in [-0.2, -0.15) is 0 Å². The average Bonchev–Trinajstić information content (AvgIpc) is 3.36. The summed E-state index contributed by atoms with van der Waals surface area (Å²) in [6, 6.07) is 39.8. The molecule has 7 rings (SSSR count). The van der Waals surface area contributed by atoms with E-state index in [1.807, 2.05) is 11.3 Å². The molecule has 1 heterocycles. The van der Waals surface area contributed by atoms with Crippen LogP contribution in [0.4, 0.5) is 11.4 Å². The van der Waals surface area contributed by atoms with Gasteiger partial charge in [0.25, 0.3) is 0 Å². The molecule has 1 aliphatic carbocycles. The molecule has 0 atom stereocenters. The topological polar surface area (TPSA) is 12.0 Å². The molecule has 6 aromatic rings. The van der Waals surface area contributed by atoms with E-state index in [0.717, 1.165) is 11.4 Å². The Balaban J connectivity index is 1.25. The molecule has 1 aliphatic rings. The lowest BCUT2D eigenvalue weighted by molar-refractivity contribution is 0.660. The van der Waals surface area contributed by atoms with Gasteiger partial charge in [0.1, 0.15) is 0 Å². The first-order valence-electron chi connectivity index (χ1n) is 12.1. The molecule has 0 radical (unpaired) electrons. The molecule has 0 aliphatic heterocycles. The van der Waals surface area contributed by atoms with Crippen LogP contribution in [0.3, 0.4) is 0 Å². The van der Waals surface area contributed by atoms with Crippen LogP contribution in [0.1, 0.15) is 25.0 Å². The van der Waals surface area contributed by atoms with Gasteiger partial charge in [-0.05, 0) is 69.8 Å². The van der Waals surface area contributed by atoms with Crippen LogP contribution in [-0.2, 0) is 5.41 Å². The van der Waals surface area contributed by atoms with Gasteiger partial charge in [-0.1, -0.05) is 86.6 Å². The number of nitrogens with one attached hydrogen (secondary N) is 1. The van der Waals surface area contributed by atoms with Crippen LogP contribution in [0.2, 0.25) is 0 Å². The molecule has 0 saturated heterocycles. The fourth-order valence-electron chi connectivity index (χ4n) is 5.63. The summed E-state index contributed by atoms with van der Waals surface area (Å²) in [5.74, 6) is 0. The van der Waals surface area contributed by atoms with Crippen LogP contribution in [0.5, 0.6) is 0 Å². The van der Waals surface area contributed by atoms with Crippen LogP contribution in [0, 0.1) is 0 Å². The minimum atomic E-state index is 0.0407. The standard InChI is InChI=1S/C33H25NS/c1-33(2)29-11-7-6-10-25(29)27-19-23(14-16-30(27)33)34-24-13-15-26-28-18-22(21-8-4-3-5-9-21)12-17-31(28)35-32(26)20-24/h3-20,34H,1-2H3. The molecule has 1 N–H and O–H groups in total. The molecule has 1 aromatic heterocycles. The van der Waals surface area contributed by atoms with Gasteiger partial charge in [0, 0.05) is 37.0 Å². The zero-order valence-electron chi connectivity index (χ0n) is 19.8. The lowest BCUT2D eigenvalue weighted by Gasteiger charge is -2.21. The Morgan fingerprint density at radius 3 is 2.17 bits per heavy atom. The van der Waals surface area contributed by atoms with Crippen molar-refractivity contribution in [3.05, 3.63) is 120 Å².